The highest BCUT2D eigenvalue weighted by molar-refractivity contribution is 5.93. The molecule has 1 aliphatic carbocycles. The number of carbonyl (C=O) groups is 2. The SMILES string of the molecule is CC(C)(C)OC(=O)N1CCC[C@H](Nc2nc(NC3CC3)ncc2C(=O)O)C1. The number of aromatic carboxylic acids is 1. The maximum atomic E-state index is 12.3. The average molecular weight is 377 g/mol. The molecule has 9 nitrogen and oxygen atoms in total. The third-order valence-corrected chi connectivity index (χ3v) is 4.34. The first-order valence-corrected chi connectivity index (χ1v) is 9.32. The third-order valence-electron chi connectivity index (χ3n) is 4.34. The quantitative estimate of drug-likeness (QED) is 0.717. The van der Waals surface area contributed by atoms with Gasteiger partial charge in [-0.05, 0) is 46.5 Å². The summed E-state index contributed by atoms with van der Waals surface area (Å²) in [5.41, 5.74) is -0.532. The van der Waals surface area contributed by atoms with Crippen LogP contribution in [0.2, 0.25) is 0 Å². The summed E-state index contributed by atoms with van der Waals surface area (Å²) in [7, 11) is 0. The normalized spacial score (nSPS) is 20.1. The first-order chi connectivity index (χ1) is 12.7. The van der Waals surface area contributed by atoms with Gasteiger partial charge in [0, 0.05) is 31.4 Å². The van der Waals surface area contributed by atoms with Crippen LogP contribution in [0.5, 0.6) is 0 Å². The minimum Gasteiger partial charge on any atom is -0.477 e. The number of rotatable bonds is 5. The maximum Gasteiger partial charge on any atom is 0.410 e. The largest absolute Gasteiger partial charge is 0.477 e. The average Bonchev–Trinajstić information content (AvgIpc) is 3.37. The van der Waals surface area contributed by atoms with Crippen LogP contribution in [0.4, 0.5) is 16.6 Å². The zero-order valence-electron chi connectivity index (χ0n) is 16.0. The minimum atomic E-state index is -1.09. The molecule has 0 unspecified atom stereocenters. The number of anilines is 2. The number of piperidine rings is 1. The molecule has 1 saturated carbocycles. The van der Waals surface area contributed by atoms with Crippen LogP contribution >= 0.6 is 0 Å². The van der Waals surface area contributed by atoms with Crippen LogP contribution in [-0.2, 0) is 4.74 Å². The molecule has 9 heteroatoms. The summed E-state index contributed by atoms with van der Waals surface area (Å²) in [4.78, 5) is 33.9. The van der Waals surface area contributed by atoms with Crippen LogP contribution in [0.3, 0.4) is 0 Å². The summed E-state index contributed by atoms with van der Waals surface area (Å²) in [6.07, 6.45) is 4.72. The van der Waals surface area contributed by atoms with Gasteiger partial charge in [0.2, 0.25) is 5.95 Å². The van der Waals surface area contributed by atoms with E-state index in [9.17, 15) is 14.7 Å². The number of carboxylic acids is 1. The molecular formula is C18H27N5O4. The molecule has 2 fully saturated rings. The molecule has 1 aromatic heterocycles. The van der Waals surface area contributed by atoms with Gasteiger partial charge in [-0.2, -0.15) is 4.98 Å². The summed E-state index contributed by atoms with van der Waals surface area (Å²) in [6.45, 7) is 6.55. The highest BCUT2D eigenvalue weighted by atomic mass is 16.6. The molecule has 148 valence electrons. The van der Waals surface area contributed by atoms with Crippen molar-refractivity contribution in [1.29, 1.82) is 0 Å². The van der Waals surface area contributed by atoms with Gasteiger partial charge in [-0.15, -0.1) is 0 Å². The van der Waals surface area contributed by atoms with Crippen molar-refractivity contribution in [1.82, 2.24) is 14.9 Å². The Labute approximate surface area is 158 Å². The smallest absolute Gasteiger partial charge is 0.410 e. The van der Waals surface area contributed by atoms with Crippen LogP contribution in [0, 0.1) is 0 Å². The first-order valence-electron chi connectivity index (χ1n) is 9.32. The van der Waals surface area contributed by atoms with E-state index in [-0.39, 0.29) is 23.5 Å². The summed E-state index contributed by atoms with van der Waals surface area (Å²) >= 11 is 0. The van der Waals surface area contributed by atoms with Crippen LogP contribution in [0.25, 0.3) is 0 Å². The van der Waals surface area contributed by atoms with Crippen molar-refractivity contribution in [2.45, 2.75) is 64.1 Å². The predicted octanol–water partition coefficient (Wildman–Crippen LogP) is 2.56. The van der Waals surface area contributed by atoms with Crippen molar-refractivity contribution in [2.24, 2.45) is 0 Å². The van der Waals surface area contributed by atoms with E-state index in [2.05, 4.69) is 20.6 Å². The Morgan fingerprint density at radius 3 is 2.59 bits per heavy atom. The molecule has 1 aliphatic heterocycles. The van der Waals surface area contributed by atoms with Crippen molar-refractivity contribution >= 4 is 23.8 Å². The van der Waals surface area contributed by atoms with Crippen molar-refractivity contribution in [3.63, 3.8) is 0 Å². The summed E-state index contributed by atoms with van der Waals surface area (Å²) < 4.78 is 5.44. The van der Waals surface area contributed by atoms with E-state index in [1.165, 1.54) is 6.20 Å². The molecule has 1 amide bonds. The molecule has 2 aliphatic rings. The molecule has 1 aromatic rings. The van der Waals surface area contributed by atoms with E-state index < -0.39 is 11.6 Å². The standard InChI is InChI=1S/C18H27N5O4/c1-18(2,3)27-17(26)23-8-4-5-12(10-23)20-14-13(15(24)25)9-19-16(22-14)21-11-6-7-11/h9,11-12H,4-8,10H2,1-3H3,(H,24,25)(H2,19,20,21,22)/t12-/m0/s1. The van der Waals surface area contributed by atoms with E-state index in [1.54, 1.807) is 4.90 Å². The molecule has 0 bridgehead atoms. The number of hydrogen-bond donors (Lipinski definition) is 3. The second kappa shape index (κ2) is 7.58. The summed E-state index contributed by atoms with van der Waals surface area (Å²) in [5.74, 6) is -0.392. The predicted molar refractivity (Wildman–Crippen MR) is 100 cm³/mol. The second-order valence-electron chi connectivity index (χ2n) is 8.09. The monoisotopic (exact) mass is 377 g/mol. The number of ether oxygens (including phenoxy) is 1. The van der Waals surface area contributed by atoms with Gasteiger partial charge in [-0.1, -0.05) is 0 Å². The zero-order chi connectivity index (χ0) is 19.6. The molecule has 0 radical (unpaired) electrons. The lowest BCUT2D eigenvalue weighted by Crippen LogP contribution is -2.47. The Morgan fingerprint density at radius 2 is 1.96 bits per heavy atom. The fourth-order valence-corrected chi connectivity index (χ4v) is 2.91. The Morgan fingerprint density at radius 1 is 1.22 bits per heavy atom. The lowest BCUT2D eigenvalue weighted by atomic mass is 10.1. The van der Waals surface area contributed by atoms with Gasteiger partial charge in [0.05, 0.1) is 0 Å². The van der Waals surface area contributed by atoms with Crippen molar-refractivity contribution in [3.8, 4) is 0 Å². The van der Waals surface area contributed by atoms with Gasteiger partial charge in [0.1, 0.15) is 17.0 Å². The van der Waals surface area contributed by atoms with Crippen molar-refractivity contribution in [3.05, 3.63) is 11.8 Å². The van der Waals surface area contributed by atoms with Gasteiger partial charge in [-0.25, -0.2) is 14.6 Å². The molecule has 0 aromatic carbocycles. The first kappa shape index (κ1) is 19.2. The number of carboxylic acid groups (broad SMARTS) is 1. The molecule has 3 rings (SSSR count). The van der Waals surface area contributed by atoms with E-state index in [0.29, 0.717) is 25.1 Å². The Kier molecular flexibility index (Phi) is 5.38. The van der Waals surface area contributed by atoms with Crippen LogP contribution in [0.1, 0.15) is 56.8 Å². The van der Waals surface area contributed by atoms with Gasteiger partial charge in [0.25, 0.3) is 0 Å². The number of nitrogens with zero attached hydrogens (tertiary/aromatic N) is 3. The van der Waals surface area contributed by atoms with E-state index >= 15 is 0 Å². The van der Waals surface area contributed by atoms with E-state index in [1.807, 2.05) is 20.8 Å². The number of likely N-dealkylation sites (tertiary alicyclic amines) is 1. The molecule has 2 heterocycles. The fourth-order valence-electron chi connectivity index (χ4n) is 2.91. The zero-order valence-corrected chi connectivity index (χ0v) is 16.0. The van der Waals surface area contributed by atoms with Gasteiger partial charge in [-0.3, -0.25) is 0 Å². The summed E-state index contributed by atoms with van der Waals surface area (Å²) in [6, 6.07) is 0.263. The third kappa shape index (κ3) is 5.45. The van der Waals surface area contributed by atoms with E-state index in [4.69, 9.17) is 4.74 Å². The highest BCUT2D eigenvalue weighted by Gasteiger charge is 2.29. The van der Waals surface area contributed by atoms with Crippen molar-refractivity contribution < 1.29 is 19.4 Å². The lowest BCUT2D eigenvalue weighted by molar-refractivity contribution is 0.0206. The molecule has 3 N–H and O–H groups in total. The fraction of sp³-hybridized carbons (Fsp3) is 0.667. The molecule has 1 atom stereocenters. The second-order valence-corrected chi connectivity index (χ2v) is 8.09. The Bertz CT molecular complexity index is 714. The van der Waals surface area contributed by atoms with E-state index in [0.717, 1.165) is 25.7 Å². The lowest BCUT2D eigenvalue weighted by Gasteiger charge is -2.34. The highest BCUT2D eigenvalue weighted by Crippen LogP contribution is 2.25. The van der Waals surface area contributed by atoms with Crippen LogP contribution < -0.4 is 10.6 Å². The maximum absolute atomic E-state index is 12.3. The molecule has 1 saturated heterocycles. The van der Waals surface area contributed by atoms with Gasteiger partial charge in [0.15, 0.2) is 0 Å². The topological polar surface area (TPSA) is 117 Å². The number of hydrogen-bond acceptors (Lipinski definition) is 7. The molecule has 0 spiro atoms. The van der Waals surface area contributed by atoms with Crippen molar-refractivity contribution in [2.75, 3.05) is 23.7 Å². The number of nitrogens with one attached hydrogen (secondary N) is 2. The minimum absolute atomic E-state index is 0.0192. The number of amides is 1. The number of aromatic nitrogens is 2. The van der Waals surface area contributed by atoms with Gasteiger partial charge < -0.3 is 25.4 Å². The van der Waals surface area contributed by atoms with Crippen LogP contribution in [0.15, 0.2) is 6.20 Å². The number of carbonyl (C=O) groups excluding carboxylic acids is 1. The Balaban J connectivity index is 1.69. The molecule has 27 heavy (non-hydrogen) atoms. The van der Waals surface area contributed by atoms with Gasteiger partial charge >= 0.3 is 12.1 Å². The Hall–Kier alpha value is -2.58. The van der Waals surface area contributed by atoms with Crippen LogP contribution in [-0.4, -0.2) is 62.8 Å². The summed E-state index contributed by atoms with van der Waals surface area (Å²) in [5, 5.41) is 15.8. The molecular weight excluding hydrogens is 350 g/mol.